The van der Waals surface area contributed by atoms with E-state index >= 15 is 0 Å². The maximum atomic E-state index is 12.7. The number of piperidine rings is 1. The molecule has 0 saturated carbocycles. The Morgan fingerprint density at radius 1 is 1.14 bits per heavy atom. The Labute approximate surface area is 215 Å². The molecular formula is C27H33N7OS. The minimum atomic E-state index is 0.0519. The largest absolute Gasteiger partial charge is 0.363 e. The molecule has 6 rings (SSSR count). The molecule has 8 nitrogen and oxygen atoms in total. The first-order chi connectivity index (χ1) is 17.7. The maximum absolute atomic E-state index is 12.7. The van der Waals surface area contributed by atoms with Crippen molar-refractivity contribution in [2.24, 2.45) is 0 Å². The number of anilines is 3. The van der Waals surface area contributed by atoms with Crippen molar-refractivity contribution >= 4 is 44.8 Å². The third-order valence-electron chi connectivity index (χ3n) is 7.52. The topological polar surface area (TPSA) is 85.4 Å². The molecule has 0 bridgehead atoms. The molecule has 1 atom stereocenters. The lowest BCUT2D eigenvalue weighted by atomic mass is 9.97. The number of nitrogens with one attached hydrogen (secondary N) is 3. The molecule has 36 heavy (non-hydrogen) atoms. The fourth-order valence-electron chi connectivity index (χ4n) is 5.47. The number of pyridine rings is 1. The van der Waals surface area contributed by atoms with Crippen molar-refractivity contribution in [1.82, 2.24) is 25.1 Å². The van der Waals surface area contributed by atoms with E-state index in [2.05, 4.69) is 55.1 Å². The Hall–Kier alpha value is -3.17. The predicted molar refractivity (Wildman–Crippen MR) is 146 cm³/mol. The van der Waals surface area contributed by atoms with Gasteiger partial charge in [0.2, 0.25) is 0 Å². The molecule has 0 radical (unpaired) electrons. The summed E-state index contributed by atoms with van der Waals surface area (Å²) in [4.78, 5) is 26.0. The van der Waals surface area contributed by atoms with E-state index in [4.69, 9.17) is 0 Å². The van der Waals surface area contributed by atoms with Crippen LogP contribution in [0.15, 0.2) is 47.6 Å². The summed E-state index contributed by atoms with van der Waals surface area (Å²) in [7, 11) is 0. The SMILES string of the molecule is O=C(NCCN1CCCCC1)N1CC=C(C2Cc3c(Nc4ccc5ncsc5c4)ccnc3N2)CC1. The lowest BCUT2D eigenvalue weighted by Gasteiger charge is -2.30. The first-order valence-electron chi connectivity index (χ1n) is 13.0. The van der Waals surface area contributed by atoms with Gasteiger partial charge in [0.25, 0.3) is 0 Å². The molecular weight excluding hydrogens is 470 g/mol. The summed E-state index contributed by atoms with van der Waals surface area (Å²) >= 11 is 1.65. The molecule has 1 aromatic carbocycles. The zero-order valence-corrected chi connectivity index (χ0v) is 21.3. The highest BCUT2D eigenvalue weighted by Gasteiger charge is 2.29. The number of thiazole rings is 1. The number of likely N-dealkylation sites (tertiary alicyclic amines) is 1. The molecule has 5 heterocycles. The number of fused-ring (bicyclic) bond motifs is 2. The molecule has 188 valence electrons. The Balaban J connectivity index is 1.04. The number of urea groups is 1. The summed E-state index contributed by atoms with van der Waals surface area (Å²) in [6.45, 7) is 5.41. The minimum absolute atomic E-state index is 0.0519. The van der Waals surface area contributed by atoms with E-state index in [0.29, 0.717) is 6.54 Å². The lowest BCUT2D eigenvalue weighted by Crippen LogP contribution is -2.45. The molecule has 1 fully saturated rings. The third kappa shape index (κ3) is 5.03. The summed E-state index contributed by atoms with van der Waals surface area (Å²) in [5, 5.41) is 10.3. The fraction of sp³-hybridized carbons (Fsp3) is 0.444. The van der Waals surface area contributed by atoms with Crippen molar-refractivity contribution in [2.45, 2.75) is 38.1 Å². The van der Waals surface area contributed by atoms with Gasteiger partial charge in [-0.05, 0) is 62.2 Å². The summed E-state index contributed by atoms with van der Waals surface area (Å²) in [6, 6.07) is 8.60. The van der Waals surface area contributed by atoms with E-state index in [1.807, 2.05) is 22.7 Å². The third-order valence-corrected chi connectivity index (χ3v) is 8.31. The minimum Gasteiger partial charge on any atom is -0.363 e. The van der Waals surface area contributed by atoms with Crippen LogP contribution >= 0.6 is 11.3 Å². The quantitative estimate of drug-likeness (QED) is 0.427. The number of amides is 2. The van der Waals surface area contributed by atoms with Gasteiger partial charge >= 0.3 is 6.03 Å². The molecule has 3 N–H and O–H groups in total. The average molecular weight is 504 g/mol. The Bertz CT molecular complexity index is 1270. The van der Waals surface area contributed by atoms with E-state index in [-0.39, 0.29) is 12.1 Å². The van der Waals surface area contributed by atoms with Crippen LogP contribution in [0.1, 0.15) is 31.2 Å². The van der Waals surface area contributed by atoms with Crippen LogP contribution in [0.4, 0.5) is 22.0 Å². The van der Waals surface area contributed by atoms with Gasteiger partial charge < -0.3 is 25.8 Å². The van der Waals surface area contributed by atoms with Crippen molar-refractivity contribution in [3.63, 3.8) is 0 Å². The Kier molecular flexibility index (Phi) is 6.74. The van der Waals surface area contributed by atoms with Gasteiger partial charge in [0.05, 0.1) is 21.8 Å². The number of carbonyl (C=O) groups excluding carboxylic acids is 1. The number of carbonyl (C=O) groups is 1. The zero-order valence-electron chi connectivity index (χ0n) is 20.5. The normalized spacial score (nSPS) is 20.1. The molecule has 1 unspecified atom stereocenters. The van der Waals surface area contributed by atoms with Gasteiger partial charge in [-0.2, -0.15) is 0 Å². The highest BCUT2D eigenvalue weighted by atomic mass is 32.1. The first kappa shape index (κ1) is 23.2. The van der Waals surface area contributed by atoms with E-state index in [9.17, 15) is 4.79 Å². The molecule has 9 heteroatoms. The first-order valence-corrected chi connectivity index (χ1v) is 13.9. The molecule has 0 spiro atoms. The number of hydrogen-bond donors (Lipinski definition) is 3. The van der Waals surface area contributed by atoms with Crippen molar-refractivity contribution in [3.8, 4) is 0 Å². The standard InChI is InChI=1S/C27H33N7OS/c35-27(29-10-15-33-11-2-1-3-12-33)34-13-7-19(8-14-34)24-17-21-22(6-9-28-26(21)32-24)31-20-4-5-23-25(16-20)36-18-30-23/h4-7,9,16,18,24H,1-3,8,10-15,17H2,(H,29,35)(H2,28,31,32). The van der Waals surface area contributed by atoms with Crippen LogP contribution < -0.4 is 16.0 Å². The van der Waals surface area contributed by atoms with Gasteiger partial charge in [0.1, 0.15) is 5.82 Å². The van der Waals surface area contributed by atoms with E-state index in [0.717, 1.165) is 68.3 Å². The van der Waals surface area contributed by atoms with Crippen molar-refractivity contribution in [1.29, 1.82) is 0 Å². The molecule has 3 aliphatic heterocycles. The van der Waals surface area contributed by atoms with Crippen LogP contribution in [0.5, 0.6) is 0 Å². The molecule has 3 aromatic rings. The van der Waals surface area contributed by atoms with Crippen molar-refractivity contribution in [2.75, 3.05) is 49.9 Å². The van der Waals surface area contributed by atoms with Gasteiger partial charge in [-0.3, -0.25) is 0 Å². The van der Waals surface area contributed by atoms with Gasteiger partial charge in [-0.25, -0.2) is 14.8 Å². The van der Waals surface area contributed by atoms with Crippen molar-refractivity contribution < 1.29 is 4.79 Å². The van der Waals surface area contributed by atoms with Gasteiger partial charge in [-0.15, -0.1) is 11.3 Å². The molecule has 1 saturated heterocycles. The fourth-order valence-corrected chi connectivity index (χ4v) is 6.19. The van der Waals surface area contributed by atoms with E-state index in [1.165, 1.54) is 35.1 Å². The van der Waals surface area contributed by atoms with Gasteiger partial charge in [0.15, 0.2) is 0 Å². The van der Waals surface area contributed by atoms with Crippen LogP contribution in [-0.4, -0.2) is 71.1 Å². The van der Waals surface area contributed by atoms with Crippen LogP contribution in [-0.2, 0) is 6.42 Å². The Morgan fingerprint density at radius 3 is 2.92 bits per heavy atom. The van der Waals surface area contributed by atoms with Crippen LogP contribution in [0.3, 0.4) is 0 Å². The van der Waals surface area contributed by atoms with Gasteiger partial charge in [-0.1, -0.05) is 12.5 Å². The second-order valence-electron chi connectivity index (χ2n) is 9.86. The second kappa shape index (κ2) is 10.4. The highest BCUT2D eigenvalue weighted by Crippen LogP contribution is 2.36. The van der Waals surface area contributed by atoms with Crippen LogP contribution in [0.25, 0.3) is 10.2 Å². The summed E-state index contributed by atoms with van der Waals surface area (Å²) in [5.41, 5.74) is 7.63. The van der Waals surface area contributed by atoms with Crippen LogP contribution in [0, 0.1) is 0 Å². The number of benzene rings is 1. The summed E-state index contributed by atoms with van der Waals surface area (Å²) < 4.78 is 1.18. The summed E-state index contributed by atoms with van der Waals surface area (Å²) in [6.07, 6.45) is 9.75. The Morgan fingerprint density at radius 2 is 2.06 bits per heavy atom. The van der Waals surface area contributed by atoms with E-state index < -0.39 is 0 Å². The average Bonchev–Trinajstić information content (AvgIpc) is 3.57. The number of aromatic nitrogens is 2. The monoisotopic (exact) mass is 503 g/mol. The molecule has 2 amide bonds. The van der Waals surface area contributed by atoms with E-state index in [1.54, 1.807) is 11.3 Å². The molecule has 3 aliphatic rings. The second-order valence-corrected chi connectivity index (χ2v) is 10.7. The number of rotatable bonds is 6. The smallest absolute Gasteiger partial charge is 0.317 e. The predicted octanol–water partition coefficient (Wildman–Crippen LogP) is 4.60. The lowest BCUT2D eigenvalue weighted by molar-refractivity contribution is 0.194. The maximum Gasteiger partial charge on any atom is 0.317 e. The van der Waals surface area contributed by atoms with Gasteiger partial charge in [0, 0.05) is 55.7 Å². The summed E-state index contributed by atoms with van der Waals surface area (Å²) in [5.74, 6) is 0.947. The molecule has 0 aliphatic carbocycles. The molecule has 2 aromatic heterocycles. The number of hydrogen-bond acceptors (Lipinski definition) is 7. The highest BCUT2D eigenvalue weighted by molar-refractivity contribution is 7.16. The van der Waals surface area contributed by atoms with Crippen molar-refractivity contribution in [3.05, 3.63) is 53.2 Å². The van der Waals surface area contributed by atoms with Crippen LogP contribution in [0.2, 0.25) is 0 Å². The number of nitrogens with zero attached hydrogens (tertiary/aromatic N) is 4. The zero-order chi connectivity index (χ0) is 24.3.